The summed E-state index contributed by atoms with van der Waals surface area (Å²) in [6.07, 6.45) is 3.10. The monoisotopic (exact) mass is 322 g/mol. The smallest absolute Gasteiger partial charge is 0.224 e. The summed E-state index contributed by atoms with van der Waals surface area (Å²) in [5, 5.41) is 13.4. The van der Waals surface area contributed by atoms with Crippen LogP contribution < -0.4 is 5.32 Å². The van der Waals surface area contributed by atoms with E-state index in [4.69, 9.17) is 0 Å². The zero-order chi connectivity index (χ0) is 17.1. The number of aliphatic hydroxyl groups excluding tert-OH is 1. The SMILES string of the molecule is Cc1ccc(CO)cc1NC(=O)CCc1c[nH]c2c(C)cccc12. The number of anilines is 1. The Morgan fingerprint density at radius 3 is 2.79 bits per heavy atom. The van der Waals surface area contributed by atoms with E-state index in [0.29, 0.717) is 12.8 Å². The number of hydrogen-bond donors (Lipinski definition) is 3. The molecule has 0 aliphatic rings. The van der Waals surface area contributed by atoms with Crippen LogP contribution in [0.3, 0.4) is 0 Å². The second-order valence-electron chi connectivity index (χ2n) is 6.17. The number of carbonyl (C=O) groups is 1. The molecule has 24 heavy (non-hydrogen) atoms. The molecule has 2 aromatic carbocycles. The molecule has 0 unspecified atom stereocenters. The number of aliphatic hydroxyl groups is 1. The zero-order valence-corrected chi connectivity index (χ0v) is 14.0. The van der Waals surface area contributed by atoms with Gasteiger partial charge in [-0.15, -0.1) is 0 Å². The molecule has 124 valence electrons. The number of carbonyl (C=O) groups excluding carboxylic acids is 1. The van der Waals surface area contributed by atoms with E-state index < -0.39 is 0 Å². The maximum absolute atomic E-state index is 12.3. The van der Waals surface area contributed by atoms with Crippen LogP contribution in [0.1, 0.15) is 28.7 Å². The number of hydrogen-bond acceptors (Lipinski definition) is 2. The molecule has 1 heterocycles. The van der Waals surface area contributed by atoms with Crippen LogP contribution in [0.15, 0.2) is 42.6 Å². The third-order valence-corrected chi connectivity index (χ3v) is 4.39. The van der Waals surface area contributed by atoms with Crippen molar-refractivity contribution in [1.29, 1.82) is 0 Å². The van der Waals surface area contributed by atoms with Crippen LogP contribution in [0.25, 0.3) is 10.9 Å². The van der Waals surface area contributed by atoms with Crippen molar-refractivity contribution in [1.82, 2.24) is 4.98 Å². The number of nitrogens with one attached hydrogen (secondary N) is 2. The van der Waals surface area contributed by atoms with Crippen LogP contribution >= 0.6 is 0 Å². The van der Waals surface area contributed by atoms with Gasteiger partial charge in [-0.2, -0.15) is 0 Å². The number of fused-ring (bicyclic) bond motifs is 1. The average Bonchev–Trinajstić information content (AvgIpc) is 2.99. The molecular formula is C20H22N2O2. The maximum Gasteiger partial charge on any atom is 0.224 e. The predicted molar refractivity (Wildman–Crippen MR) is 97.1 cm³/mol. The number of aryl methyl sites for hydroxylation is 3. The van der Waals surface area contributed by atoms with Gasteiger partial charge >= 0.3 is 0 Å². The van der Waals surface area contributed by atoms with E-state index in [1.165, 1.54) is 10.9 Å². The number of H-pyrrole nitrogens is 1. The van der Waals surface area contributed by atoms with Gasteiger partial charge in [0.2, 0.25) is 5.91 Å². The fourth-order valence-corrected chi connectivity index (χ4v) is 2.93. The highest BCUT2D eigenvalue weighted by Gasteiger charge is 2.09. The number of amides is 1. The molecule has 4 nitrogen and oxygen atoms in total. The Balaban J connectivity index is 1.68. The molecular weight excluding hydrogens is 300 g/mol. The van der Waals surface area contributed by atoms with E-state index in [9.17, 15) is 9.90 Å². The highest BCUT2D eigenvalue weighted by molar-refractivity contribution is 5.92. The molecule has 1 amide bonds. The summed E-state index contributed by atoms with van der Waals surface area (Å²) in [4.78, 5) is 15.6. The summed E-state index contributed by atoms with van der Waals surface area (Å²) < 4.78 is 0. The van der Waals surface area contributed by atoms with Crippen molar-refractivity contribution < 1.29 is 9.90 Å². The molecule has 0 saturated heterocycles. The minimum Gasteiger partial charge on any atom is -0.392 e. The molecule has 3 rings (SSSR count). The van der Waals surface area contributed by atoms with E-state index in [1.54, 1.807) is 0 Å². The lowest BCUT2D eigenvalue weighted by molar-refractivity contribution is -0.116. The third kappa shape index (κ3) is 3.34. The largest absolute Gasteiger partial charge is 0.392 e. The minimum absolute atomic E-state index is 0.0183. The first-order valence-electron chi connectivity index (χ1n) is 8.14. The lowest BCUT2D eigenvalue weighted by Crippen LogP contribution is -2.13. The average molecular weight is 322 g/mol. The van der Waals surface area contributed by atoms with Crippen molar-refractivity contribution in [3.05, 3.63) is 64.8 Å². The van der Waals surface area contributed by atoms with Gasteiger partial charge in [-0.1, -0.05) is 30.3 Å². The van der Waals surface area contributed by atoms with Crippen LogP contribution in [0, 0.1) is 13.8 Å². The van der Waals surface area contributed by atoms with E-state index >= 15 is 0 Å². The highest BCUT2D eigenvalue weighted by Crippen LogP contribution is 2.23. The summed E-state index contributed by atoms with van der Waals surface area (Å²) in [6, 6.07) is 11.8. The van der Waals surface area contributed by atoms with Gasteiger partial charge in [0.05, 0.1) is 6.61 Å². The number of aromatic amines is 1. The molecule has 0 spiro atoms. The third-order valence-electron chi connectivity index (χ3n) is 4.39. The fourth-order valence-electron chi connectivity index (χ4n) is 2.93. The van der Waals surface area contributed by atoms with Gasteiger partial charge < -0.3 is 15.4 Å². The fraction of sp³-hybridized carbons (Fsp3) is 0.250. The van der Waals surface area contributed by atoms with Gasteiger partial charge in [-0.05, 0) is 48.6 Å². The van der Waals surface area contributed by atoms with Crippen LogP contribution in [-0.4, -0.2) is 16.0 Å². The summed E-state index contributed by atoms with van der Waals surface area (Å²) in [6.45, 7) is 3.99. The predicted octanol–water partition coefficient (Wildman–Crippen LogP) is 3.85. The molecule has 0 fully saturated rings. The second-order valence-corrected chi connectivity index (χ2v) is 6.17. The molecule has 0 atom stereocenters. The molecule has 0 saturated carbocycles. The first-order valence-corrected chi connectivity index (χ1v) is 8.14. The van der Waals surface area contributed by atoms with Gasteiger partial charge in [0.25, 0.3) is 0 Å². The Morgan fingerprint density at radius 1 is 1.17 bits per heavy atom. The molecule has 1 aromatic heterocycles. The molecule has 0 aliphatic heterocycles. The number of benzene rings is 2. The van der Waals surface area contributed by atoms with Crippen molar-refractivity contribution in [2.75, 3.05) is 5.32 Å². The quantitative estimate of drug-likeness (QED) is 0.668. The van der Waals surface area contributed by atoms with Crippen LogP contribution in [-0.2, 0) is 17.8 Å². The number of rotatable bonds is 5. The summed E-state index contributed by atoms with van der Waals surface area (Å²) in [5.74, 6) is -0.0183. The van der Waals surface area contributed by atoms with Crippen LogP contribution in [0.4, 0.5) is 5.69 Å². The lowest BCUT2D eigenvalue weighted by atomic mass is 10.1. The summed E-state index contributed by atoms with van der Waals surface area (Å²) in [7, 11) is 0. The molecule has 3 aromatic rings. The normalized spacial score (nSPS) is 11.0. The van der Waals surface area contributed by atoms with E-state index in [2.05, 4.69) is 29.4 Å². The van der Waals surface area contributed by atoms with Gasteiger partial charge in [0.1, 0.15) is 0 Å². The van der Waals surface area contributed by atoms with Crippen molar-refractivity contribution in [2.45, 2.75) is 33.3 Å². The Bertz CT molecular complexity index is 880. The Morgan fingerprint density at radius 2 is 2.00 bits per heavy atom. The van der Waals surface area contributed by atoms with Crippen molar-refractivity contribution in [2.24, 2.45) is 0 Å². The van der Waals surface area contributed by atoms with E-state index in [0.717, 1.165) is 27.9 Å². The van der Waals surface area contributed by atoms with Crippen molar-refractivity contribution in [3.8, 4) is 0 Å². The standard InChI is InChI=1S/C20H22N2O2/c1-13-6-7-15(12-23)10-18(13)22-19(24)9-8-16-11-21-20-14(2)4-3-5-17(16)20/h3-7,10-11,21,23H,8-9,12H2,1-2H3,(H,22,24). The minimum atomic E-state index is -0.0299. The summed E-state index contributed by atoms with van der Waals surface area (Å²) in [5.41, 5.74) is 6.05. The Kier molecular flexibility index (Phi) is 4.67. The molecule has 4 heteroatoms. The number of aromatic nitrogens is 1. The van der Waals surface area contributed by atoms with Gasteiger partial charge in [0.15, 0.2) is 0 Å². The van der Waals surface area contributed by atoms with Gasteiger partial charge in [-0.25, -0.2) is 0 Å². The zero-order valence-electron chi connectivity index (χ0n) is 14.0. The molecule has 3 N–H and O–H groups in total. The van der Waals surface area contributed by atoms with Gasteiger partial charge in [0, 0.05) is 29.2 Å². The van der Waals surface area contributed by atoms with Gasteiger partial charge in [-0.3, -0.25) is 4.79 Å². The molecule has 0 bridgehead atoms. The van der Waals surface area contributed by atoms with Crippen molar-refractivity contribution in [3.63, 3.8) is 0 Å². The van der Waals surface area contributed by atoms with Crippen molar-refractivity contribution >= 4 is 22.5 Å². The second kappa shape index (κ2) is 6.89. The van der Waals surface area contributed by atoms with Crippen LogP contribution in [0.2, 0.25) is 0 Å². The Labute approximate surface area is 141 Å². The maximum atomic E-state index is 12.3. The molecule has 0 radical (unpaired) electrons. The van der Waals surface area contributed by atoms with E-state index in [1.807, 2.05) is 37.4 Å². The topological polar surface area (TPSA) is 65.1 Å². The van der Waals surface area contributed by atoms with Crippen LogP contribution in [0.5, 0.6) is 0 Å². The lowest BCUT2D eigenvalue weighted by Gasteiger charge is -2.10. The first kappa shape index (κ1) is 16.3. The Hall–Kier alpha value is -2.59. The number of para-hydroxylation sites is 1. The first-order chi connectivity index (χ1) is 11.6. The molecule has 0 aliphatic carbocycles. The summed E-state index contributed by atoms with van der Waals surface area (Å²) >= 11 is 0. The highest BCUT2D eigenvalue weighted by atomic mass is 16.3. The van der Waals surface area contributed by atoms with E-state index in [-0.39, 0.29) is 12.5 Å².